The van der Waals surface area contributed by atoms with Gasteiger partial charge in [0.25, 0.3) is 5.91 Å². The highest BCUT2D eigenvalue weighted by molar-refractivity contribution is 6.32. The lowest BCUT2D eigenvalue weighted by atomic mass is 9.89. The van der Waals surface area contributed by atoms with E-state index < -0.39 is 11.9 Å². The van der Waals surface area contributed by atoms with Crippen molar-refractivity contribution in [2.24, 2.45) is 5.92 Å². The van der Waals surface area contributed by atoms with Gasteiger partial charge >= 0.3 is 5.97 Å². The van der Waals surface area contributed by atoms with E-state index in [0.717, 1.165) is 76.0 Å². The van der Waals surface area contributed by atoms with Gasteiger partial charge in [0, 0.05) is 62.8 Å². The number of rotatable bonds is 14. The van der Waals surface area contributed by atoms with Crippen LogP contribution in [0.1, 0.15) is 63.0 Å². The van der Waals surface area contributed by atoms with E-state index in [0.29, 0.717) is 72.5 Å². The minimum absolute atomic E-state index is 0.0449. The average Bonchev–Trinajstić information content (AvgIpc) is 3.98. The van der Waals surface area contributed by atoms with Crippen LogP contribution in [0.2, 0.25) is 5.02 Å². The van der Waals surface area contributed by atoms with Gasteiger partial charge in [-0.25, -0.2) is 0 Å². The number of ether oxygens (including phenoxy) is 2. The van der Waals surface area contributed by atoms with Crippen LogP contribution in [0.4, 0.5) is 5.69 Å². The molecule has 1 unspecified atom stereocenters. The minimum atomic E-state index is -0.795. The highest BCUT2D eigenvalue weighted by atomic mass is 35.5. The zero-order chi connectivity index (χ0) is 44.2. The number of anilines is 1. The third-order valence-electron chi connectivity index (χ3n) is 12.6. The van der Waals surface area contributed by atoms with Crippen molar-refractivity contribution in [2.45, 2.75) is 52.9 Å². The van der Waals surface area contributed by atoms with Gasteiger partial charge in [-0.15, -0.1) is 0 Å². The maximum Gasteiger partial charge on any atom is 0.307 e. The fourth-order valence-electron chi connectivity index (χ4n) is 8.98. The molecular formula is C50H51ClN6O6. The van der Waals surface area contributed by atoms with Gasteiger partial charge in [-0.1, -0.05) is 54.1 Å². The van der Waals surface area contributed by atoms with Crippen LogP contribution in [0, 0.1) is 31.1 Å². The minimum Gasteiger partial charge on any atom is -0.488 e. The molecular weight excluding hydrogens is 816 g/mol. The van der Waals surface area contributed by atoms with E-state index >= 15 is 0 Å². The molecule has 0 bridgehead atoms. The normalized spacial score (nSPS) is 16.8. The molecule has 4 heterocycles. The Morgan fingerprint density at radius 2 is 1.59 bits per heavy atom. The maximum atomic E-state index is 13.8. The van der Waals surface area contributed by atoms with E-state index in [4.69, 9.17) is 21.1 Å². The fourth-order valence-corrected chi connectivity index (χ4v) is 9.22. The average molecular weight is 867 g/mol. The van der Waals surface area contributed by atoms with Crippen molar-refractivity contribution in [3.63, 3.8) is 0 Å². The summed E-state index contributed by atoms with van der Waals surface area (Å²) in [4.78, 5) is 50.6. The van der Waals surface area contributed by atoms with E-state index in [1.807, 2.05) is 42.5 Å². The van der Waals surface area contributed by atoms with Gasteiger partial charge in [0.1, 0.15) is 37.3 Å². The number of carbonyl (C=O) groups excluding carboxylic acids is 2. The molecule has 324 valence electrons. The predicted octanol–water partition coefficient (Wildman–Crippen LogP) is 8.14. The third kappa shape index (κ3) is 9.56. The lowest BCUT2D eigenvalue weighted by Crippen LogP contribution is -2.41. The van der Waals surface area contributed by atoms with Crippen molar-refractivity contribution in [3.8, 4) is 39.8 Å². The molecule has 8 rings (SSSR count). The Morgan fingerprint density at radius 1 is 0.841 bits per heavy atom. The first-order chi connectivity index (χ1) is 30.5. The van der Waals surface area contributed by atoms with E-state index in [1.54, 1.807) is 24.2 Å². The second-order valence-electron chi connectivity index (χ2n) is 16.8. The number of pyridine rings is 1. The van der Waals surface area contributed by atoms with Gasteiger partial charge in [-0.2, -0.15) is 5.26 Å². The summed E-state index contributed by atoms with van der Waals surface area (Å²) in [5, 5.41) is 19.3. The molecule has 1 aromatic heterocycles. The van der Waals surface area contributed by atoms with Gasteiger partial charge in [0.05, 0.1) is 27.8 Å². The summed E-state index contributed by atoms with van der Waals surface area (Å²) in [6.45, 7) is 9.37. The van der Waals surface area contributed by atoms with Crippen molar-refractivity contribution < 1.29 is 29.0 Å². The van der Waals surface area contributed by atoms with Gasteiger partial charge in [-0.3, -0.25) is 24.3 Å². The Labute approximate surface area is 373 Å². The molecule has 2 amide bonds. The van der Waals surface area contributed by atoms with E-state index in [2.05, 4.69) is 59.0 Å². The molecule has 0 aliphatic carbocycles. The summed E-state index contributed by atoms with van der Waals surface area (Å²) < 4.78 is 12.8. The summed E-state index contributed by atoms with van der Waals surface area (Å²) in [5.41, 5.74) is 10.3. The number of benzene rings is 4. The number of amides is 2. The molecule has 2 saturated heterocycles. The number of carboxylic acids is 1. The number of carboxylic acid groups (broad SMARTS) is 1. The number of nitriles is 1. The molecule has 1 atom stereocenters. The molecule has 1 N–H and O–H groups in total. The lowest BCUT2D eigenvalue weighted by Gasteiger charge is -2.25. The SMILES string of the molecule is Cc1c(COc2cc(OCc3cncc(C#N)c3)c(CN3CCCC3)cc2Cl)cccc1-c1cccc(-c2ccc3c(c2)C(=O)N(C)CC(=O)N3CCN2CCC(C(=O)O)C2)c1C. The number of aliphatic carboxylic acids is 1. The first-order valence-corrected chi connectivity index (χ1v) is 21.8. The molecule has 4 aromatic carbocycles. The van der Waals surface area contributed by atoms with Crippen LogP contribution in [-0.4, -0.2) is 95.4 Å². The Kier molecular flexibility index (Phi) is 13.1. The number of hydrogen-bond donors (Lipinski definition) is 1. The molecule has 3 aliphatic heterocycles. The zero-order valence-corrected chi connectivity index (χ0v) is 36.7. The highest BCUT2D eigenvalue weighted by Gasteiger charge is 2.33. The number of carbonyl (C=O) groups is 3. The molecule has 0 spiro atoms. The van der Waals surface area contributed by atoms with Crippen LogP contribution in [0.25, 0.3) is 22.3 Å². The third-order valence-corrected chi connectivity index (χ3v) is 12.9. The van der Waals surface area contributed by atoms with Gasteiger partial charge in [0.15, 0.2) is 0 Å². The van der Waals surface area contributed by atoms with Crippen molar-refractivity contribution in [3.05, 3.63) is 129 Å². The number of aromatic nitrogens is 1. The van der Waals surface area contributed by atoms with E-state index in [1.165, 1.54) is 11.1 Å². The fraction of sp³-hybridized carbons (Fsp3) is 0.340. The Bertz CT molecular complexity index is 2600. The highest BCUT2D eigenvalue weighted by Crippen LogP contribution is 2.39. The second kappa shape index (κ2) is 19.0. The number of hydrogen-bond acceptors (Lipinski definition) is 9. The summed E-state index contributed by atoms with van der Waals surface area (Å²) in [6.07, 6.45) is 6.14. The molecule has 2 fully saturated rings. The van der Waals surface area contributed by atoms with Crippen LogP contribution < -0.4 is 14.4 Å². The number of likely N-dealkylation sites (tertiary alicyclic amines) is 2. The number of halogens is 1. The van der Waals surface area contributed by atoms with E-state index in [9.17, 15) is 24.8 Å². The van der Waals surface area contributed by atoms with Gasteiger partial charge in [0.2, 0.25) is 5.91 Å². The standard InChI is InChI=1S/C50H51ClN6O6/c1-32-38(31-63-47-23-46(62-30-35-20-34(24-52)25-53-26-35)39(22-44(47)51)28-55-15-4-5-16-55)8-6-10-41(32)42-11-7-9-40(33(42)2)36-12-13-45-43(21-36)49(59)54(3)29-48(58)57(45)19-18-56-17-14-37(27-56)50(60)61/h6-13,20-23,25-26,37H,4-5,14-19,27-31H2,1-3H3,(H,60,61). The molecule has 0 radical (unpaired) electrons. The lowest BCUT2D eigenvalue weighted by molar-refractivity contribution is -0.141. The zero-order valence-electron chi connectivity index (χ0n) is 35.9. The van der Waals surface area contributed by atoms with Crippen LogP contribution in [-0.2, 0) is 29.3 Å². The molecule has 3 aliphatic rings. The molecule has 0 saturated carbocycles. The molecule has 12 nitrogen and oxygen atoms in total. The van der Waals surface area contributed by atoms with Crippen molar-refractivity contribution in [1.82, 2.24) is 19.7 Å². The Hall–Kier alpha value is -6.26. The van der Waals surface area contributed by atoms with Crippen molar-refractivity contribution in [2.75, 3.05) is 57.8 Å². The Balaban J connectivity index is 1.03. The summed E-state index contributed by atoms with van der Waals surface area (Å²) in [7, 11) is 1.64. The molecule has 13 heteroatoms. The molecule has 5 aromatic rings. The number of nitrogens with zero attached hydrogens (tertiary/aromatic N) is 6. The monoisotopic (exact) mass is 866 g/mol. The quantitative estimate of drug-likeness (QED) is 0.116. The van der Waals surface area contributed by atoms with Crippen LogP contribution in [0.15, 0.2) is 85.2 Å². The van der Waals surface area contributed by atoms with Gasteiger partial charge < -0.3 is 29.3 Å². The van der Waals surface area contributed by atoms with E-state index in [-0.39, 0.29) is 31.6 Å². The van der Waals surface area contributed by atoms with Crippen molar-refractivity contribution in [1.29, 1.82) is 5.26 Å². The Morgan fingerprint density at radius 3 is 2.35 bits per heavy atom. The van der Waals surface area contributed by atoms with Crippen LogP contribution in [0.5, 0.6) is 11.5 Å². The summed E-state index contributed by atoms with van der Waals surface area (Å²) in [6, 6.07) is 25.8. The van der Waals surface area contributed by atoms with Crippen molar-refractivity contribution >= 4 is 35.1 Å². The summed E-state index contributed by atoms with van der Waals surface area (Å²) >= 11 is 6.91. The van der Waals surface area contributed by atoms with Crippen LogP contribution in [0.3, 0.4) is 0 Å². The first kappa shape index (κ1) is 43.4. The largest absolute Gasteiger partial charge is 0.488 e. The second-order valence-corrected chi connectivity index (χ2v) is 17.2. The smallest absolute Gasteiger partial charge is 0.307 e. The van der Waals surface area contributed by atoms with Crippen LogP contribution >= 0.6 is 11.6 Å². The van der Waals surface area contributed by atoms with Gasteiger partial charge in [-0.05, 0) is 116 Å². The molecule has 63 heavy (non-hydrogen) atoms. The number of likely N-dealkylation sites (N-methyl/N-ethyl adjacent to an activating group) is 1. The predicted molar refractivity (Wildman–Crippen MR) is 242 cm³/mol. The maximum absolute atomic E-state index is 13.8. The first-order valence-electron chi connectivity index (χ1n) is 21.5. The summed E-state index contributed by atoms with van der Waals surface area (Å²) in [5.74, 6) is -0.421. The number of fused-ring (bicyclic) bond motifs is 1. The topological polar surface area (TPSA) is 140 Å².